The summed E-state index contributed by atoms with van der Waals surface area (Å²) in [5, 5.41) is 16.9. The van der Waals surface area contributed by atoms with Crippen molar-refractivity contribution in [1.29, 1.82) is 5.26 Å². The summed E-state index contributed by atoms with van der Waals surface area (Å²) in [5.41, 5.74) is -0.391. The number of ether oxygens (including phenoxy) is 1. The number of ketones is 1. The second-order valence-corrected chi connectivity index (χ2v) is 2.43. The Morgan fingerprint density at radius 3 is 2.64 bits per heavy atom. The Kier molecular flexibility index (Phi) is 5.99. The van der Waals surface area contributed by atoms with Crippen LogP contribution in [0.2, 0.25) is 0 Å². The van der Waals surface area contributed by atoms with Crippen LogP contribution in [0.1, 0.15) is 13.3 Å². The first-order valence-electron chi connectivity index (χ1n) is 4.08. The van der Waals surface area contributed by atoms with Crippen molar-refractivity contribution in [3.8, 4) is 6.07 Å². The highest BCUT2D eigenvalue weighted by atomic mass is 16.5. The van der Waals surface area contributed by atoms with E-state index < -0.39 is 23.9 Å². The van der Waals surface area contributed by atoms with Gasteiger partial charge in [0, 0.05) is 6.08 Å². The summed E-state index contributed by atoms with van der Waals surface area (Å²) in [6.45, 7) is 1.28. The van der Waals surface area contributed by atoms with Gasteiger partial charge in [0.25, 0.3) is 0 Å². The number of nitriles is 1. The highest BCUT2D eigenvalue weighted by Gasteiger charge is 2.11. The number of nitrogens with zero attached hydrogens (tertiary/aromatic N) is 1. The van der Waals surface area contributed by atoms with Gasteiger partial charge in [-0.2, -0.15) is 5.26 Å². The molecule has 0 fully saturated rings. The van der Waals surface area contributed by atoms with Gasteiger partial charge in [-0.15, -0.1) is 0 Å². The van der Waals surface area contributed by atoms with E-state index in [1.54, 1.807) is 0 Å². The van der Waals surface area contributed by atoms with Gasteiger partial charge in [0.2, 0.25) is 0 Å². The first kappa shape index (κ1) is 12.3. The maximum absolute atomic E-state index is 11.0. The molecule has 0 aliphatic heterocycles. The molecule has 0 amide bonds. The topological polar surface area (TPSA) is 87.4 Å². The first-order valence-corrected chi connectivity index (χ1v) is 4.08. The Balaban J connectivity index is 4.42. The number of carbonyl (C=O) groups is 2. The van der Waals surface area contributed by atoms with Crippen LogP contribution in [0, 0.1) is 11.3 Å². The molecule has 0 spiro atoms. The summed E-state index contributed by atoms with van der Waals surface area (Å²) in [6.07, 6.45) is 1.41. The van der Waals surface area contributed by atoms with Crippen LogP contribution < -0.4 is 0 Å². The fourth-order valence-electron chi connectivity index (χ4n) is 0.616. The van der Waals surface area contributed by atoms with Gasteiger partial charge in [0.05, 0.1) is 6.61 Å². The van der Waals surface area contributed by atoms with Gasteiger partial charge in [0.1, 0.15) is 18.2 Å². The molecule has 76 valence electrons. The van der Waals surface area contributed by atoms with E-state index in [0.717, 1.165) is 6.08 Å². The Morgan fingerprint density at radius 1 is 1.57 bits per heavy atom. The Bertz CT molecular complexity index is 288. The quantitative estimate of drug-likeness (QED) is 0.379. The predicted molar refractivity (Wildman–Crippen MR) is 47.0 cm³/mol. The van der Waals surface area contributed by atoms with E-state index >= 15 is 0 Å². The largest absolute Gasteiger partial charge is 0.462 e. The third kappa shape index (κ3) is 4.38. The highest BCUT2D eigenvalue weighted by Crippen LogP contribution is 1.97. The lowest BCUT2D eigenvalue weighted by Gasteiger charge is -1.99. The van der Waals surface area contributed by atoms with Crippen LogP contribution in [0.25, 0.3) is 0 Å². The number of esters is 1. The van der Waals surface area contributed by atoms with E-state index in [-0.39, 0.29) is 6.61 Å². The van der Waals surface area contributed by atoms with Crippen LogP contribution in [-0.2, 0) is 14.3 Å². The van der Waals surface area contributed by atoms with Crippen LogP contribution >= 0.6 is 0 Å². The monoisotopic (exact) mass is 197 g/mol. The number of aliphatic hydroxyl groups is 1. The van der Waals surface area contributed by atoms with Crippen LogP contribution in [-0.4, -0.2) is 30.1 Å². The molecular formula is C9H11NO4. The Morgan fingerprint density at radius 2 is 2.21 bits per heavy atom. The van der Waals surface area contributed by atoms with Gasteiger partial charge < -0.3 is 9.84 Å². The second-order valence-electron chi connectivity index (χ2n) is 2.43. The maximum Gasteiger partial charge on any atom is 0.349 e. The van der Waals surface area contributed by atoms with Crippen molar-refractivity contribution < 1.29 is 19.4 Å². The van der Waals surface area contributed by atoms with E-state index in [0.29, 0.717) is 6.42 Å². The molecule has 0 saturated heterocycles. The zero-order chi connectivity index (χ0) is 11.0. The second kappa shape index (κ2) is 6.80. The molecule has 0 bridgehead atoms. The van der Waals surface area contributed by atoms with Crippen molar-refractivity contribution in [3.05, 3.63) is 11.6 Å². The molecule has 0 aromatic rings. The molecule has 0 aliphatic rings. The molecule has 0 aromatic heterocycles. The molecule has 0 saturated carbocycles. The van der Waals surface area contributed by atoms with Gasteiger partial charge in [-0.1, -0.05) is 6.92 Å². The van der Waals surface area contributed by atoms with E-state index in [1.807, 2.05) is 6.92 Å². The lowest BCUT2D eigenvalue weighted by atomic mass is 10.2. The number of aliphatic hydroxyl groups excluding tert-OH is 1. The van der Waals surface area contributed by atoms with Crippen LogP contribution in [0.5, 0.6) is 0 Å². The van der Waals surface area contributed by atoms with Crippen molar-refractivity contribution in [3.63, 3.8) is 0 Å². The normalized spacial score (nSPS) is 10.5. The number of carbonyl (C=O) groups excluding carboxylic acids is 2. The van der Waals surface area contributed by atoms with Crippen molar-refractivity contribution in [2.45, 2.75) is 13.3 Å². The summed E-state index contributed by atoms with van der Waals surface area (Å²) >= 11 is 0. The zero-order valence-electron chi connectivity index (χ0n) is 7.82. The Hall–Kier alpha value is -1.67. The number of rotatable bonds is 5. The average molecular weight is 197 g/mol. The molecule has 0 rings (SSSR count). The number of hydrogen-bond donors (Lipinski definition) is 1. The van der Waals surface area contributed by atoms with Gasteiger partial charge >= 0.3 is 5.97 Å². The minimum Gasteiger partial charge on any atom is -0.462 e. The summed E-state index contributed by atoms with van der Waals surface area (Å²) in [7, 11) is 0. The fourth-order valence-corrected chi connectivity index (χ4v) is 0.616. The molecule has 1 N–H and O–H groups in total. The van der Waals surface area contributed by atoms with E-state index in [4.69, 9.17) is 10.4 Å². The van der Waals surface area contributed by atoms with Gasteiger partial charge in [-0.05, 0) is 6.42 Å². The smallest absolute Gasteiger partial charge is 0.349 e. The van der Waals surface area contributed by atoms with Crippen molar-refractivity contribution in [2.75, 3.05) is 13.2 Å². The van der Waals surface area contributed by atoms with Crippen molar-refractivity contribution in [1.82, 2.24) is 0 Å². The van der Waals surface area contributed by atoms with E-state index in [2.05, 4.69) is 4.74 Å². The molecule has 0 radical (unpaired) electrons. The molecule has 0 aliphatic carbocycles. The molecule has 5 heteroatoms. The lowest BCUT2D eigenvalue weighted by Crippen LogP contribution is -2.10. The third-order valence-corrected chi connectivity index (χ3v) is 1.24. The molecule has 0 atom stereocenters. The van der Waals surface area contributed by atoms with Crippen LogP contribution in [0.4, 0.5) is 0 Å². The minimum absolute atomic E-state index is 0.200. The molecule has 0 aromatic carbocycles. The first-order chi connectivity index (χ1) is 6.65. The summed E-state index contributed by atoms with van der Waals surface area (Å²) in [5.74, 6) is -1.54. The highest BCUT2D eigenvalue weighted by molar-refractivity contribution is 6.02. The SMILES string of the molecule is CCCOC(=O)C(C#N)=CC(=O)CO. The minimum atomic E-state index is -0.837. The van der Waals surface area contributed by atoms with Crippen LogP contribution in [0.3, 0.4) is 0 Å². The molecule has 5 nitrogen and oxygen atoms in total. The maximum atomic E-state index is 11.0. The van der Waals surface area contributed by atoms with Crippen molar-refractivity contribution in [2.24, 2.45) is 0 Å². The summed E-state index contributed by atoms with van der Waals surface area (Å²) in [6, 6.07) is 1.53. The summed E-state index contributed by atoms with van der Waals surface area (Å²) < 4.78 is 4.63. The standard InChI is InChI=1S/C9H11NO4/c1-2-3-14-9(13)7(5-10)4-8(12)6-11/h4,11H,2-3,6H2,1H3. The van der Waals surface area contributed by atoms with Gasteiger partial charge in [-0.25, -0.2) is 4.79 Å². The van der Waals surface area contributed by atoms with Gasteiger partial charge in [-0.3, -0.25) is 4.79 Å². The van der Waals surface area contributed by atoms with Crippen molar-refractivity contribution >= 4 is 11.8 Å². The number of hydrogen-bond acceptors (Lipinski definition) is 5. The molecular weight excluding hydrogens is 186 g/mol. The average Bonchev–Trinajstić information content (AvgIpc) is 2.21. The Labute approximate surface area is 81.6 Å². The van der Waals surface area contributed by atoms with Gasteiger partial charge in [0.15, 0.2) is 5.78 Å². The lowest BCUT2D eigenvalue weighted by molar-refractivity contribution is -0.138. The van der Waals surface area contributed by atoms with E-state index in [1.165, 1.54) is 6.07 Å². The zero-order valence-corrected chi connectivity index (χ0v) is 7.82. The fraction of sp³-hybridized carbons (Fsp3) is 0.444. The van der Waals surface area contributed by atoms with E-state index in [9.17, 15) is 9.59 Å². The predicted octanol–water partition coefficient (Wildman–Crippen LogP) is -0.0490. The third-order valence-electron chi connectivity index (χ3n) is 1.24. The van der Waals surface area contributed by atoms with Crippen LogP contribution in [0.15, 0.2) is 11.6 Å². The molecule has 0 unspecified atom stereocenters. The molecule has 14 heavy (non-hydrogen) atoms. The molecule has 0 heterocycles. The summed E-state index contributed by atoms with van der Waals surface area (Å²) in [4.78, 5) is 21.7.